The standard InChI is InChI=1S/C19H18ClNO6/c1-12(19(24)21-16-9-14(20)5-8-17(16)25-2)27-18(23)11-26-15-6-3-13(10-22)4-7-15/h3-10,12H,11H2,1-2H3,(H,21,24). The predicted octanol–water partition coefficient (Wildman–Crippen LogP) is 3.11. The first kappa shape index (κ1) is 20.3. The van der Waals surface area contributed by atoms with Gasteiger partial charge in [-0.3, -0.25) is 9.59 Å². The number of methoxy groups -OCH3 is 1. The Morgan fingerprint density at radius 3 is 2.52 bits per heavy atom. The van der Waals surface area contributed by atoms with Crippen LogP contribution in [0.5, 0.6) is 11.5 Å². The van der Waals surface area contributed by atoms with E-state index in [2.05, 4.69) is 5.32 Å². The number of hydrogen-bond donors (Lipinski definition) is 1. The number of rotatable bonds is 8. The molecule has 0 aliphatic heterocycles. The Morgan fingerprint density at radius 2 is 1.89 bits per heavy atom. The Hall–Kier alpha value is -3.06. The molecule has 27 heavy (non-hydrogen) atoms. The van der Waals surface area contributed by atoms with Crippen LogP contribution < -0.4 is 14.8 Å². The minimum absolute atomic E-state index is 0.365. The van der Waals surface area contributed by atoms with E-state index in [0.717, 1.165) is 0 Å². The summed E-state index contributed by atoms with van der Waals surface area (Å²) in [5.74, 6) is -0.430. The van der Waals surface area contributed by atoms with Crippen molar-refractivity contribution < 1.29 is 28.6 Å². The Morgan fingerprint density at radius 1 is 1.19 bits per heavy atom. The molecule has 1 atom stereocenters. The zero-order valence-electron chi connectivity index (χ0n) is 14.7. The molecule has 2 aromatic rings. The third-order valence-corrected chi connectivity index (χ3v) is 3.70. The first-order valence-corrected chi connectivity index (χ1v) is 8.32. The van der Waals surface area contributed by atoms with Gasteiger partial charge in [0.25, 0.3) is 5.91 Å². The molecule has 0 saturated heterocycles. The van der Waals surface area contributed by atoms with Crippen LogP contribution in [-0.2, 0) is 14.3 Å². The van der Waals surface area contributed by atoms with Crippen LogP contribution in [0.2, 0.25) is 5.02 Å². The van der Waals surface area contributed by atoms with Gasteiger partial charge in [-0.25, -0.2) is 4.79 Å². The largest absolute Gasteiger partial charge is 0.495 e. The van der Waals surface area contributed by atoms with Crippen LogP contribution in [-0.4, -0.2) is 38.0 Å². The van der Waals surface area contributed by atoms with Crippen molar-refractivity contribution in [3.05, 3.63) is 53.1 Å². The van der Waals surface area contributed by atoms with E-state index in [1.165, 1.54) is 20.1 Å². The molecule has 0 radical (unpaired) electrons. The minimum atomic E-state index is -1.05. The highest BCUT2D eigenvalue weighted by molar-refractivity contribution is 6.31. The molecule has 1 N–H and O–H groups in total. The molecule has 0 fully saturated rings. The van der Waals surface area contributed by atoms with Crippen molar-refractivity contribution >= 4 is 35.5 Å². The number of carbonyl (C=O) groups excluding carboxylic acids is 3. The molecule has 142 valence electrons. The third kappa shape index (κ3) is 6.00. The van der Waals surface area contributed by atoms with Gasteiger partial charge in [0.15, 0.2) is 12.7 Å². The molecule has 0 heterocycles. The Balaban J connectivity index is 1.86. The topological polar surface area (TPSA) is 90.9 Å². The summed E-state index contributed by atoms with van der Waals surface area (Å²) in [4.78, 5) is 34.7. The average molecular weight is 392 g/mol. The highest BCUT2D eigenvalue weighted by Crippen LogP contribution is 2.27. The van der Waals surface area contributed by atoms with Gasteiger partial charge in [-0.15, -0.1) is 0 Å². The number of halogens is 1. The summed E-state index contributed by atoms with van der Waals surface area (Å²) in [6.45, 7) is 1.06. The van der Waals surface area contributed by atoms with Gasteiger partial charge in [0.2, 0.25) is 0 Å². The SMILES string of the molecule is COc1ccc(Cl)cc1NC(=O)C(C)OC(=O)COc1ccc(C=O)cc1. The number of amides is 1. The number of carbonyl (C=O) groups is 3. The van der Waals surface area contributed by atoms with Crippen LogP contribution in [0.15, 0.2) is 42.5 Å². The second kappa shape index (κ2) is 9.59. The van der Waals surface area contributed by atoms with E-state index < -0.39 is 18.0 Å². The van der Waals surface area contributed by atoms with Crippen LogP contribution in [0.3, 0.4) is 0 Å². The second-order valence-electron chi connectivity index (χ2n) is 5.44. The zero-order chi connectivity index (χ0) is 19.8. The summed E-state index contributed by atoms with van der Waals surface area (Å²) >= 11 is 5.91. The van der Waals surface area contributed by atoms with Crippen LogP contribution in [0.4, 0.5) is 5.69 Å². The molecular weight excluding hydrogens is 374 g/mol. The molecule has 0 bridgehead atoms. The summed E-state index contributed by atoms with van der Waals surface area (Å²) in [6, 6.07) is 11.0. The van der Waals surface area contributed by atoms with Gasteiger partial charge in [0.1, 0.15) is 17.8 Å². The van der Waals surface area contributed by atoms with Gasteiger partial charge in [0.05, 0.1) is 12.8 Å². The predicted molar refractivity (Wildman–Crippen MR) is 99.5 cm³/mol. The van der Waals surface area contributed by atoms with E-state index in [-0.39, 0.29) is 6.61 Å². The average Bonchev–Trinajstić information content (AvgIpc) is 2.67. The fourth-order valence-electron chi connectivity index (χ4n) is 2.08. The van der Waals surface area contributed by atoms with Crippen molar-refractivity contribution in [3.63, 3.8) is 0 Å². The summed E-state index contributed by atoms with van der Waals surface area (Å²) in [5.41, 5.74) is 0.857. The highest BCUT2D eigenvalue weighted by atomic mass is 35.5. The summed E-state index contributed by atoms with van der Waals surface area (Å²) in [6.07, 6.45) is -0.352. The molecule has 0 aliphatic rings. The molecule has 7 nitrogen and oxygen atoms in total. The fraction of sp³-hybridized carbons (Fsp3) is 0.211. The summed E-state index contributed by atoms with van der Waals surface area (Å²) < 4.78 is 15.5. The van der Waals surface area contributed by atoms with Crippen LogP contribution in [0.25, 0.3) is 0 Å². The highest BCUT2D eigenvalue weighted by Gasteiger charge is 2.19. The van der Waals surface area contributed by atoms with Gasteiger partial charge in [-0.2, -0.15) is 0 Å². The van der Waals surface area contributed by atoms with Crippen molar-refractivity contribution in [1.82, 2.24) is 0 Å². The van der Waals surface area contributed by atoms with E-state index in [9.17, 15) is 14.4 Å². The molecule has 1 amide bonds. The number of hydrogen-bond acceptors (Lipinski definition) is 6. The van der Waals surface area contributed by atoms with E-state index >= 15 is 0 Å². The number of ether oxygens (including phenoxy) is 3. The van der Waals surface area contributed by atoms with Crippen molar-refractivity contribution in [3.8, 4) is 11.5 Å². The Labute approximate surface area is 161 Å². The molecular formula is C19H18ClNO6. The summed E-state index contributed by atoms with van der Waals surface area (Å²) in [5, 5.41) is 3.02. The first-order valence-electron chi connectivity index (χ1n) is 7.95. The number of anilines is 1. The summed E-state index contributed by atoms with van der Waals surface area (Å²) in [7, 11) is 1.46. The lowest BCUT2D eigenvalue weighted by Crippen LogP contribution is -2.31. The normalized spacial score (nSPS) is 11.2. The third-order valence-electron chi connectivity index (χ3n) is 3.47. The fourth-order valence-corrected chi connectivity index (χ4v) is 2.25. The maximum Gasteiger partial charge on any atom is 0.344 e. The van der Waals surface area contributed by atoms with Crippen molar-refractivity contribution in [2.24, 2.45) is 0 Å². The van der Waals surface area contributed by atoms with E-state index in [4.69, 9.17) is 25.8 Å². The van der Waals surface area contributed by atoms with Crippen LogP contribution in [0, 0.1) is 0 Å². The molecule has 2 aromatic carbocycles. The zero-order valence-corrected chi connectivity index (χ0v) is 15.5. The maximum atomic E-state index is 12.2. The number of esters is 1. The van der Waals surface area contributed by atoms with E-state index in [1.54, 1.807) is 36.4 Å². The lowest BCUT2D eigenvalue weighted by Gasteiger charge is -2.15. The molecule has 8 heteroatoms. The first-order chi connectivity index (χ1) is 12.9. The minimum Gasteiger partial charge on any atom is -0.495 e. The second-order valence-corrected chi connectivity index (χ2v) is 5.88. The Kier molecular flexibility index (Phi) is 7.19. The lowest BCUT2D eigenvalue weighted by atomic mass is 10.2. The van der Waals surface area contributed by atoms with Gasteiger partial charge in [0, 0.05) is 10.6 Å². The Bertz CT molecular complexity index is 821. The molecule has 0 aliphatic carbocycles. The van der Waals surface area contributed by atoms with Gasteiger partial charge < -0.3 is 19.5 Å². The number of aldehydes is 1. The quantitative estimate of drug-likeness (QED) is 0.549. The lowest BCUT2D eigenvalue weighted by molar-refractivity contribution is -0.155. The monoisotopic (exact) mass is 391 g/mol. The van der Waals surface area contributed by atoms with Gasteiger partial charge >= 0.3 is 5.97 Å². The van der Waals surface area contributed by atoms with Gasteiger partial charge in [-0.1, -0.05) is 11.6 Å². The van der Waals surface area contributed by atoms with Gasteiger partial charge in [-0.05, 0) is 49.4 Å². The smallest absolute Gasteiger partial charge is 0.344 e. The number of nitrogens with one attached hydrogen (secondary N) is 1. The van der Waals surface area contributed by atoms with Crippen molar-refractivity contribution in [2.45, 2.75) is 13.0 Å². The molecule has 2 rings (SSSR count). The molecule has 1 unspecified atom stereocenters. The van der Waals surface area contributed by atoms with Crippen molar-refractivity contribution in [1.29, 1.82) is 0 Å². The van der Waals surface area contributed by atoms with Crippen LogP contribution in [0.1, 0.15) is 17.3 Å². The van der Waals surface area contributed by atoms with Crippen molar-refractivity contribution in [2.75, 3.05) is 19.0 Å². The van der Waals surface area contributed by atoms with Crippen LogP contribution >= 0.6 is 11.6 Å². The molecule has 0 spiro atoms. The van der Waals surface area contributed by atoms with E-state index in [1.807, 2.05) is 0 Å². The molecule has 0 saturated carbocycles. The number of benzene rings is 2. The molecule has 0 aromatic heterocycles. The maximum absolute atomic E-state index is 12.2. The van der Waals surface area contributed by atoms with E-state index in [0.29, 0.717) is 34.1 Å².